The summed E-state index contributed by atoms with van der Waals surface area (Å²) in [4.78, 5) is 21.8. The minimum atomic E-state index is -0.399. The molecule has 196 valence electrons. The predicted octanol–water partition coefficient (Wildman–Crippen LogP) is 5.34. The molecule has 0 amide bonds. The van der Waals surface area contributed by atoms with Crippen molar-refractivity contribution in [2.75, 3.05) is 25.7 Å². The summed E-state index contributed by atoms with van der Waals surface area (Å²) in [5, 5.41) is 0. The first kappa shape index (κ1) is 43.4. The van der Waals surface area contributed by atoms with Gasteiger partial charge in [0.2, 0.25) is 12.6 Å². The first-order valence-electron chi connectivity index (χ1n) is 11.5. The summed E-state index contributed by atoms with van der Waals surface area (Å²) in [5.74, 6) is 0.263. The Balaban J connectivity index is -0.000000117. The third kappa shape index (κ3) is 42.9. The van der Waals surface area contributed by atoms with Gasteiger partial charge in [-0.2, -0.15) is 11.5 Å². The average Bonchev–Trinajstić information content (AvgIpc) is 2.79. The summed E-state index contributed by atoms with van der Waals surface area (Å²) < 4.78 is 19.8. The van der Waals surface area contributed by atoms with Crippen molar-refractivity contribution in [1.82, 2.24) is 0 Å². The zero-order valence-electron chi connectivity index (χ0n) is 21.8. The van der Waals surface area contributed by atoms with E-state index in [-0.39, 0.29) is 35.8 Å². The van der Waals surface area contributed by atoms with Crippen molar-refractivity contribution < 1.29 is 28.5 Å². The van der Waals surface area contributed by atoms with E-state index in [1.807, 2.05) is 13.8 Å². The van der Waals surface area contributed by atoms with Gasteiger partial charge in [-0.25, -0.2) is 0 Å². The number of ether oxygens (including phenoxy) is 4. The van der Waals surface area contributed by atoms with Crippen molar-refractivity contribution >= 4 is 61.1 Å². The molecule has 0 aliphatic rings. The second-order valence-electron chi connectivity index (χ2n) is 6.50. The number of unbranched alkanes of at least 4 members (excludes halogenated alkanes) is 2. The van der Waals surface area contributed by atoms with Gasteiger partial charge in [-0.05, 0) is 0 Å². The minimum Gasteiger partial charge on any atom is -0.792 e. The maximum absolute atomic E-state index is 10.9. The van der Waals surface area contributed by atoms with E-state index in [1.54, 1.807) is 0 Å². The third-order valence-electron chi connectivity index (χ3n) is 3.42. The number of hydrogen-bond acceptors (Lipinski definition) is 8. The normalized spacial score (nSPS) is 11.0. The fraction of sp³-hybridized carbons (Fsp3) is 0.833. The van der Waals surface area contributed by atoms with Gasteiger partial charge >= 0.3 is 35.8 Å². The van der Waals surface area contributed by atoms with E-state index in [0.717, 1.165) is 38.5 Å². The van der Waals surface area contributed by atoms with Gasteiger partial charge in [0.05, 0.1) is 0 Å². The number of carbonyl (C=O) groups excluding carboxylic acids is 2. The molecule has 0 aromatic heterocycles. The van der Waals surface area contributed by atoms with Crippen LogP contribution in [0.15, 0.2) is 0 Å². The molecule has 0 heterocycles. The summed E-state index contributed by atoms with van der Waals surface area (Å²) in [5.41, 5.74) is 0. The van der Waals surface area contributed by atoms with Gasteiger partial charge < -0.3 is 44.2 Å². The van der Waals surface area contributed by atoms with E-state index in [1.165, 1.54) is 27.1 Å². The van der Waals surface area contributed by atoms with Crippen LogP contribution >= 0.6 is 0 Å². The van der Waals surface area contributed by atoms with Crippen LogP contribution in [-0.4, -0.2) is 74.2 Å². The summed E-state index contributed by atoms with van der Waals surface area (Å²) in [6.45, 7) is 15.5. The largest absolute Gasteiger partial charge is 2.00 e. The summed E-state index contributed by atoms with van der Waals surface area (Å²) in [7, 11) is 3.06. The van der Waals surface area contributed by atoms with Crippen molar-refractivity contribution in [2.24, 2.45) is 0 Å². The Morgan fingerprint density at radius 2 is 0.970 bits per heavy atom. The van der Waals surface area contributed by atoms with Crippen molar-refractivity contribution in [2.45, 2.75) is 104 Å². The quantitative estimate of drug-likeness (QED) is 0.112. The fourth-order valence-electron chi connectivity index (χ4n) is 1.50. The molecule has 0 fully saturated rings. The molecule has 2 unspecified atom stereocenters. The minimum absolute atomic E-state index is 0. The summed E-state index contributed by atoms with van der Waals surface area (Å²) in [6.07, 6.45) is 7.67. The molecule has 0 bridgehead atoms. The number of carbonyl (C=O) groups is 2. The molecule has 0 aliphatic carbocycles. The molecular formula is C24H48O6S2Sn. The molecule has 0 aromatic rings. The van der Waals surface area contributed by atoms with Crippen LogP contribution in [0.25, 0.3) is 0 Å². The van der Waals surface area contributed by atoms with E-state index in [9.17, 15) is 9.59 Å². The van der Waals surface area contributed by atoms with Crippen LogP contribution in [0.2, 0.25) is 0 Å². The Kier molecular flexibility index (Phi) is 52.1. The average molecular weight is 615 g/mol. The van der Waals surface area contributed by atoms with E-state index in [0.29, 0.717) is 24.3 Å². The Hall–Kier alpha value is 0.359. The molecule has 4 radical (unpaired) electrons. The maximum atomic E-state index is 10.9. The van der Waals surface area contributed by atoms with Crippen molar-refractivity contribution in [3.63, 3.8) is 0 Å². The molecule has 0 spiro atoms. The second-order valence-corrected chi connectivity index (χ2v) is 7.32. The molecule has 0 saturated heterocycles. The number of methoxy groups -OCH3 is 2. The number of hydrogen-bond donors (Lipinski definition) is 0. The Morgan fingerprint density at radius 3 is 1.12 bits per heavy atom. The standard InChI is InChI=1S/2C8H16O3S.2C4H9.Sn/c2*1-3-4-8(10-2)11-7(9)5-6-12;2*1-3-4-2;/h2*8,12H,3-6H2,1-2H3;2*1,3-4H2,2H3;/q;;;;+2/p-2. The molecule has 0 N–H and O–H groups in total. The third-order valence-corrected chi connectivity index (χ3v) is 3.83. The van der Waals surface area contributed by atoms with E-state index in [2.05, 4.69) is 53.0 Å². The van der Waals surface area contributed by atoms with Gasteiger partial charge in [-0.1, -0.05) is 80.1 Å². The molecule has 0 aromatic carbocycles. The second kappa shape index (κ2) is 39.6. The van der Waals surface area contributed by atoms with E-state index in [4.69, 9.17) is 18.9 Å². The van der Waals surface area contributed by atoms with Gasteiger partial charge in [0.15, 0.2) is 0 Å². The molecular weight excluding hydrogens is 567 g/mol. The van der Waals surface area contributed by atoms with Crippen molar-refractivity contribution in [3.8, 4) is 0 Å². The van der Waals surface area contributed by atoms with Crippen LogP contribution < -0.4 is 0 Å². The Labute approximate surface area is 232 Å². The Bertz CT molecular complexity index is 339. The van der Waals surface area contributed by atoms with Crippen LogP contribution in [0.5, 0.6) is 0 Å². The van der Waals surface area contributed by atoms with Crippen LogP contribution in [0, 0.1) is 13.8 Å². The van der Waals surface area contributed by atoms with Crippen LogP contribution in [0.1, 0.15) is 91.9 Å². The summed E-state index contributed by atoms with van der Waals surface area (Å²) >= 11 is 9.28. The SMILES string of the molecule is CCCC(OC)OC(=O)CC[S-].CCCC(OC)OC(=O)CC[S-].[CH2]CCC.[CH2]CCC.[Sn+2]. The first-order valence-corrected chi connectivity index (χ1v) is 12.7. The molecule has 0 aliphatic heterocycles. The monoisotopic (exact) mass is 616 g/mol. The Morgan fingerprint density at radius 1 is 0.697 bits per heavy atom. The van der Waals surface area contributed by atoms with Crippen molar-refractivity contribution in [1.29, 1.82) is 0 Å². The topological polar surface area (TPSA) is 71.1 Å². The summed E-state index contributed by atoms with van der Waals surface area (Å²) in [6, 6.07) is 0. The molecule has 2 atom stereocenters. The molecule has 9 heteroatoms. The molecule has 0 rings (SSSR count). The number of rotatable bonds is 14. The van der Waals surface area contributed by atoms with Gasteiger partial charge in [-0.15, -0.1) is 0 Å². The van der Waals surface area contributed by atoms with Crippen LogP contribution in [0.4, 0.5) is 0 Å². The van der Waals surface area contributed by atoms with E-state index >= 15 is 0 Å². The van der Waals surface area contributed by atoms with Gasteiger partial charge in [-0.3, -0.25) is 9.59 Å². The zero-order valence-corrected chi connectivity index (χ0v) is 26.3. The molecule has 33 heavy (non-hydrogen) atoms. The predicted molar refractivity (Wildman–Crippen MR) is 144 cm³/mol. The van der Waals surface area contributed by atoms with E-state index < -0.39 is 12.6 Å². The van der Waals surface area contributed by atoms with Gasteiger partial charge in [0, 0.05) is 39.9 Å². The zero-order chi connectivity index (χ0) is 25.6. The molecule has 0 saturated carbocycles. The number of esters is 2. The van der Waals surface area contributed by atoms with Crippen LogP contribution in [-0.2, 0) is 53.8 Å². The molecule has 6 nitrogen and oxygen atoms in total. The van der Waals surface area contributed by atoms with Gasteiger partial charge in [0.1, 0.15) is 0 Å². The fourth-order valence-corrected chi connectivity index (χ4v) is 1.83. The van der Waals surface area contributed by atoms with Crippen LogP contribution in [0.3, 0.4) is 0 Å². The van der Waals surface area contributed by atoms with Gasteiger partial charge in [0.25, 0.3) is 0 Å². The maximum Gasteiger partial charge on any atom is 2.00 e. The first-order chi connectivity index (χ1) is 15.3. The smallest absolute Gasteiger partial charge is 0.792 e. The van der Waals surface area contributed by atoms with Crippen molar-refractivity contribution in [3.05, 3.63) is 13.8 Å².